The van der Waals surface area contributed by atoms with Crippen LogP contribution in [0.25, 0.3) is 0 Å². The van der Waals surface area contributed by atoms with Crippen LogP contribution in [0.5, 0.6) is 0 Å². The van der Waals surface area contributed by atoms with Crippen LogP contribution >= 0.6 is 11.8 Å². The standard InChI is InChI=1S/C27H40O4S/c1-7-21-12-13-22-19(9-8-14-26(21,22)6)10-11-20-15-27(30,16-23(28)18(20)2)32-17-24(29)31-25(3,4)5/h10-12,22-23,28,30H,2,7-9,13-17H2,1,3-6H3/t22-,23-,26+,27-/m0/s1. The predicted molar refractivity (Wildman–Crippen MR) is 132 cm³/mol. The molecule has 0 aromatic heterocycles. The SMILES string of the molecule is C=C1C(=CC=C2CCC[C@]3(C)C(CC)=CC[C@@H]23)C[C@](O)(SCC(=O)OC(C)(C)C)C[C@@H]1O. The van der Waals surface area contributed by atoms with Crippen molar-refractivity contribution in [3.63, 3.8) is 0 Å². The van der Waals surface area contributed by atoms with E-state index in [0.717, 1.165) is 36.6 Å². The smallest absolute Gasteiger partial charge is 0.316 e. The van der Waals surface area contributed by atoms with E-state index in [9.17, 15) is 15.0 Å². The maximum absolute atomic E-state index is 12.1. The molecule has 0 aliphatic heterocycles. The average molecular weight is 461 g/mol. The Kier molecular flexibility index (Phi) is 7.53. The minimum absolute atomic E-state index is 0.0488. The van der Waals surface area contributed by atoms with Crippen molar-refractivity contribution in [2.45, 2.75) is 96.2 Å². The lowest BCUT2D eigenvalue weighted by Gasteiger charge is -2.41. The molecule has 0 aromatic rings. The summed E-state index contributed by atoms with van der Waals surface area (Å²) in [4.78, 5) is 10.9. The van der Waals surface area contributed by atoms with E-state index >= 15 is 0 Å². The van der Waals surface area contributed by atoms with E-state index in [2.05, 4.69) is 38.7 Å². The third-order valence-electron chi connectivity index (χ3n) is 7.26. The van der Waals surface area contributed by atoms with Gasteiger partial charge in [-0.15, -0.1) is 11.8 Å². The van der Waals surface area contributed by atoms with Gasteiger partial charge in [-0.05, 0) is 75.4 Å². The number of ether oxygens (including phenoxy) is 1. The number of aliphatic hydroxyl groups is 2. The summed E-state index contributed by atoms with van der Waals surface area (Å²) in [7, 11) is 0. The number of aliphatic hydroxyl groups excluding tert-OH is 1. The Morgan fingerprint density at radius 2 is 2.09 bits per heavy atom. The summed E-state index contributed by atoms with van der Waals surface area (Å²) in [6.45, 7) is 14.2. The van der Waals surface area contributed by atoms with E-state index in [4.69, 9.17) is 4.74 Å². The summed E-state index contributed by atoms with van der Waals surface area (Å²) < 4.78 is 5.36. The van der Waals surface area contributed by atoms with Crippen LogP contribution in [0, 0.1) is 11.3 Å². The van der Waals surface area contributed by atoms with Crippen molar-refractivity contribution in [2.75, 3.05) is 5.75 Å². The molecular formula is C27H40O4S. The Hall–Kier alpha value is -1.30. The first kappa shape index (κ1) is 25.3. The lowest BCUT2D eigenvalue weighted by Crippen LogP contribution is -2.38. The second-order valence-corrected chi connectivity index (χ2v) is 12.2. The lowest BCUT2D eigenvalue weighted by molar-refractivity contribution is -0.151. The van der Waals surface area contributed by atoms with Gasteiger partial charge in [0.1, 0.15) is 10.5 Å². The highest BCUT2D eigenvalue weighted by Gasteiger charge is 2.44. The van der Waals surface area contributed by atoms with Gasteiger partial charge in [-0.2, -0.15) is 0 Å². The summed E-state index contributed by atoms with van der Waals surface area (Å²) in [6, 6.07) is 0. The highest BCUT2D eigenvalue weighted by atomic mass is 32.2. The molecule has 0 heterocycles. The fraction of sp³-hybridized carbons (Fsp3) is 0.667. The van der Waals surface area contributed by atoms with Crippen molar-refractivity contribution >= 4 is 17.7 Å². The van der Waals surface area contributed by atoms with Gasteiger partial charge in [0.25, 0.3) is 0 Å². The zero-order valence-electron chi connectivity index (χ0n) is 20.4. The third kappa shape index (κ3) is 5.60. The van der Waals surface area contributed by atoms with Crippen LogP contribution in [0.15, 0.2) is 47.1 Å². The number of esters is 1. The van der Waals surface area contributed by atoms with Gasteiger partial charge in [0.05, 0.1) is 11.9 Å². The Bertz CT molecular complexity index is 846. The van der Waals surface area contributed by atoms with Crippen LogP contribution in [-0.2, 0) is 9.53 Å². The number of rotatable bonds is 5. The second-order valence-electron chi connectivity index (χ2n) is 10.8. The number of carbonyl (C=O) groups excluding carboxylic acids is 1. The second kappa shape index (κ2) is 9.52. The van der Waals surface area contributed by atoms with Crippen molar-refractivity contribution in [1.82, 2.24) is 0 Å². The zero-order chi connectivity index (χ0) is 23.7. The van der Waals surface area contributed by atoms with Gasteiger partial charge in [0, 0.05) is 12.8 Å². The first-order valence-electron chi connectivity index (χ1n) is 11.9. The number of allylic oxidation sites excluding steroid dienone is 5. The number of carbonyl (C=O) groups is 1. The monoisotopic (exact) mass is 460 g/mol. The van der Waals surface area contributed by atoms with Crippen LogP contribution in [0.1, 0.15) is 79.6 Å². The molecule has 178 valence electrons. The van der Waals surface area contributed by atoms with Crippen molar-refractivity contribution in [3.05, 3.63) is 47.1 Å². The molecule has 3 aliphatic rings. The quantitative estimate of drug-likeness (QED) is 0.306. The molecule has 5 heteroatoms. The van der Waals surface area contributed by atoms with Gasteiger partial charge < -0.3 is 14.9 Å². The molecule has 0 unspecified atom stereocenters. The Balaban J connectivity index is 1.74. The molecule has 32 heavy (non-hydrogen) atoms. The average Bonchev–Trinajstić information content (AvgIpc) is 3.03. The van der Waals surface area contributed by atoms with Crippen LogP contribution in [0.4, 0.5) is 0 Å². The van der Waals surface area contributed by atoms with Crippen molar-refractivity contribution < 1.29 is 19.7 Å². The Morgan fingerprint density at radius 1 is 1.38 bits per heavy atom. The van der Waals surface area contributed by atoms with Gasteiger partial charge >= 0.3 is 5.97 Å². The van der Waals surface area contributed by atoms with E-state index in [1.165, 1.54) is 18.4 Å². The zero-order valence-corrected chi connectivity index (χ0v) is 21.2. The van der Waals surface area contributed by atoms with Gasteiger partial charge in [0.2, 0.25) is 0 Å². The number of fused-ring (bicyclic) bond motifs is 1. The van der Waals surface area contributed by atoms with E-state index in [0.29, 0.717) is 17.9 Å². The van der Waals surface area contributed by atoms with Gasteiger partial charge in [0.15, 0.2) is 0 Å². The molecule has 2 saturated carbocycles. The van der Waals surface area contributed by atoms with E-state index in [1.807, 2.05) is 20.8 Å². The number of hydrogen-bond donors (Lipinski definition) is 2. The van der Waals surface area contributed by atoms with E-state index in [-0.39, 0.29) is 23.6 Å². The number of hydrogen-bond acceptors (Lipinski definition) is 5. The van der Waals surface area contributed by atoms with E-state index in [1.54, 1.807) is 5.57 Å². The highest BCUT2D eigenvalue weighted by Crippen LogP contribution is 2.55. The molecule has 4 atom stereocenters. The molecule has 0 saturated heterocycles. The number of thioether (sulfide) groups is 1. The van der Waals surface area contributed by atoms with Gasteiger partial charge in [-0.1, -0.05) is 49.8 Å². The van der Waals surface area contributed by atoms with Gasteiger partial charge in [-0.25, -0.2) is 0 Å². The van der Waals surface area contributed by atoms with Crippen LogP contribution in [-0.4, -0.2) is 38.6 Å². The molecule has 0 bridgehead atoms. The topological polar surface area (TPSA) is 66.8 Å². The molecular weight excluding hydrogens is 420 g/mol. The summed E-state index contributed by atoms with van der Waals surface area (Å²) in [5, 5.41) is 21.7. The maximum atomic E-state index is 12.1. The summed E-state index contributed by atoms with van der Waals surface area (Å²) in [5.74, 6) is 0.238. The molecule has 4 nitrogen and oxygen atoms in total. The summed E-state index contributed by atoms with van der Waals surface area (Å²) in [6.07, 6.45) is 12.2. The lowest BCUT2D eigenvalue weighted by atomic mass is 9.64. The minimum atomic E-state index is -1.22. The Morgan fingerprint density at radius 3 is 2.75 bits per heavy atom. The fourth-order valence-electron chi connectivity index (χ4n) is 5.62. The minimum Gasteiger partial charge on any atom is -0.459 e. The molecule has 0 radical (unpaired) electrons. The van der Waals surface area contributed by atoms with Gasteiger partial charge in [-0.3, -0.25) is 4.79 Å². The van der Waals surface area contributed by atoms with Crippen LogP contribution in [0.2, 0.25) is 0 Å². The highest BCUT2D eigenvalue weighted by molar-refractivity contribution is 8.01. The predicted octanol–water partition coefficient (Wildman–Crippen LogP) is 5.86. The molecule has 0 aromatic carbocycles. The first-order valence-corrected chi connectivity index (χ1v) is 12.9. The molecule has 0 amide bonds. The third-order valence-corrected chi connectivity index (χ3v) is 8.49. The summed E-state index contributed by atoms with van der Waals surface area (Å²) in [5.41, 5.74) is 4.30. The molecule has 2 fully saturated rings. The van der Waals surface area contributed by atoms with Crippen molar-refractivity contribution in [1.29, 1.82) is 0 Å². The maximum Gasteiger partial charge on any atom is 0.316 e. The first-order chi connectivity index (χ1) is 14.9. The summed E-state index contributed by atoms with van der Waals surface area (Å²) >= 11 is 1.15. The van der Waals surface area contributed by atoms with Crippen LogP contribution < -0.4 is 0 Å². The normalized spacial score (nSPS) is 35.7. The molecule has 2 N–H and O–H groups in total. The van der Waals surface area contributed by atoms with E-state index < -0.39 is 16.6 Å². The molecule has 3 aliphatic carbocycles. The molecule has 3 rings (SSSR count). The fourth-order valence-corrected chi connectivity index (χ4v) is 6.60. The van der Waals surface area contributed by atoms with Crippen molar-refractivity contribution in [3.8, 4) is 0 Å². The Labute approximate surface area is 197 Å². The largest absolute Gasteiger partial charge is 0.459 e. The van der Waals surface area contributed by atoms with Crippen LogP contribution in [0.3, 0.4) is 0 Å². The van der Waals surface area contributed by atoms with Crippen molar-refractivity contribution in [2.24, 2.45) is 11.3 Å². The molecule has 0 spiro atoms.